The molecular weight excluding hydrogens is 592 g/mol. The van der Waals surface area contributed by atoms with Gasteiger partial charge in [0.15, 0.2) is 11.6 Å². The average Bonchev–Trinajstić information content (AvgIpc) is 2.97. The minimum atomic E-state index is -5.05. The van der Waals surface area contributed by atoms with Gasteiger partial charge in [0.1, 0.15) is 11.5 Å². The Hall–Kier alpha value is -4.40. The van der Waals surface area contributed by atoms with Crippen LogP contribution in [-0.4, -0.2) is 71.1 Å². The van der Waals surface area contributed by atoms with Gasteiger partial charge in [-0.05, 0) is 32.9 Å². The molecule has 0 bridgehead atoms. The number of nitrogens with zero attached hydrogens (tertiary/aromatic N) is 5. The molecule has 2 atom stereocenters. The third-order valence-electron chi connectivity index (χ3n) is 8.03. The Morgan fingerprint density at radius 1 is 1.05 bits per heavy atom. The number of aromatic amines is 1. The second-order valence-electron chi connectivity index (χ2n) is 10.9. The van der Waals surface area contributed by atoms with E-state index in [0.717, 1.165) is 18.5 Å². The largest absolute Gasteiger partial charge is 0.417 e. The zero-order chi connectivity index (χ0) is 31.9. The number of alkyl halides is 3. The fourth-order valence-electron chi connectivity index (χ4n) is 5.49. The van der Waals surface area contributed by atoms with Crippen LogP contribution in [0.1, 0.15) is 41.8 Å². The quantitative estimate of drug-likeness (QED) is 0.400. The molecule has 4 heterocycles. The minimum absolute atomic E-state index is 0.0281. The summed E-state index contributed by atoms with van der Waals surface area (Å²) in [5.74, 6) is -3.78. The second kappa shape index (κ2) is 11.9. The van der Waals surface area contributed by atoms with Crippen molar-refractivity contribution in [2.45, 2.75) is 38.5 Å². The molecule has 0 unspecified atom stereocenters. The van der Waals surface area contributed by atoms with E-state index in [-0.39, 0.29) is 54.9 Å². The highest BCUT2D eigenvalue weighted by molar-refractivity contribution is 6.07. The maximum Gasteiger partial charge on any atom is 0.417 e. The van der Waals surface area contributed by atoms with Crippen LogP contribution in [0.4, 0.5) is 43.7 Å². The second-order valence-corrected chi connectivity index (χ2v) is 10.9. The first-order chi connectivity index (χ1) is 20.7. The van der Waals surface area contributed by atoms with E-state index in [4.69, 9.17) is 0 Å². The molecule has 2 N–H and O–H groups in total. The zero-order valence-corrected chi connectivity index (χ0v) is 24.0. The summed E-state index contributed by atoms with van der Waals surface area (Å²) < 4.78 is 86.7. The number of benzene rings is 1. The number of likely N-dealkylation sites (N-methyl/N-ethyl adjacent to an activating group) is 1. The molecule has 2 aliphatic rings. The van der Waals surface area contributed by atoms with Gasteiger partial charge in [0.2, 0.25) is 11.5 Å². The Morgan fingerprint density at radius 2 is 1.70 bits per heavy atom. The van der Waals surface area contributed by atoms with Crippen molar-refractivity contribution in [2.24, 2.45) is 0 Å². The molecule has 0 radical (unpaired) electrons. The van der Waals surface area contributed by atoms with Crippen LogP contribution in [0.15, 0.2) is 41.6 Å². The number of halogens is 6. The standard InChI is InChI=1S/C29H29F6N7O2/c1-15-13-42(14-16(2)40(15)3)22-9-21(31)24(17-4-6-41(7-5-17)28-37-10-18(30)11-38-28)25(32)26(22)39-27(44)19-12-36-23(43)8-20(19)29(33,34)35/h4,8-12,15-16H,5-7,13-14H2,1-3H3,(H,36,43)(H,39,44)/t15-,16+. The van der Waals surface area contributed by atoms with Crippen molar-refractivity contribution in [3.05, 3.63) is 81.3 Å². The molecule has 5 rings (SSSR count). The van der Waals surface area contributed by atoms with E-state index in [2.05, 4.69) is 25.2 Å². The lowest BCUT2D eigenvalue weighted by Gasteiger charge is -2.44. The van der Waals surface area contributed by atoms with Gasteiger partial charge in [-0.1, -0.05) is 6.08 Å². The van der Waals surface area contributed by atoms with Crippen molar-refractivity contribution in [3.8, 4) is 0 Å². The molecule has 1 aromatic carbocycles. The first-order valence-electron chi connectivity index (χ1n) is 13.8. The Balaban J connectivity index is 1.56. The highest BCUT2D eigenvalue weighted by Crippen LogP contribution is 2.40. The molecule has 234 valence electrons. The molecule has 9 nitrogen and oxygen atoms in total. The summed E-state index contributed by atoms with van der Waals surface area (Å²) in [5, 5.41) is 2.26. The summed E-state index contributed by atoms with van der Waals surface area (Å²) in [6.45, 7) is 4.86. The third-order valence-corrected chi connectivity index (χ3v) is 8.03. The topological polar surface area (TPSA) is 97.5 Å². The highest BCUT2D eigenvalue weighted by atomic mass is 19.4. The molecule has 1 amide bonds. The van der Waals surface area contributed by atoms with E-state index in [1.807, 2.05) is 20.9 Å². The van der Waals surface area contributed by atoms with Crippen molar-refractivity contribution in [1.29, 1.82) is 0 Å². The summed E-state index contributed by atoms with van der Waals surface area (Å²) in [6, 6.07) is 1.22. The first-order valence-corrected chi connectivity index (χ1v) is 13.8. The van der Waals surface area contributed by atoms with Crippen LogP contribution in [0.2, 0.25) is 0 Å². The Bertz CT molecular complexity index is 1650. The molecule has 2 aromatic heterocycles. The lowest BCUT2D eigenvalue weighted by Crippen LogP contribution is -2.55. The molecule has 44 heavy (non-hydrogen) atoms. The van der Waals surface area contributed by atoms with Gasteiger partial charge in [-0.25, -0.2) is 23.1 Å². The van der Waals surface area contributed by atoms with E-state index in [1.54, 1.807) is 15.9 Å². The molecular formula is C29H29F6N7O2. The number of anilines is 3. The maximum absolute atomic E-state index is 16.5. The van der Waals surface area contributed by atoms with Crippen LogP contribution in [-0.2, 0) is 6.18 Å². The fourth-order valence-corrected chi connectivity index (χ4v) is 5.49. The van der Waals surface area contributed by atoms with Crippen LogP contribution < -0.4 is 20.7 Å². The van der Waals surface area contributed by atoms with Crippen LogP contribution in [0.3, 0.4) is 0 Å². The van der Waals surface area contributed by atoms with Crippen LogP contribution in [0.25, 0.3) is 5.57 Å². The average molecular weight is 622 g/mol. The van der Waals surface area contributed by atoms with Gasteiger partial charge in [-0.15, -0.1) is 0 Å². The predicted molar refractivity (Wildman–Crippen MR) is 152 cm³/mol. The summed E-state index contributed by atoms with van der Waals surface area (Å²) >= 11 is 0. The van der Waals surface area contributed by atoms with Crippen LogP contribution in [0, 0.1) is 17.5 Å². The number of H-pyrrole nitrogens is 1. The summed E-state index contributed by atoms with van der Waals surface area (Å²) in [7, 11) is 1.91. The molecule has 1 fully saturated rings. The number of amides is 1. The smallest absolute Gasteiger partial charge is 0.367 e. The molecule has 0 aliphatic carbocycles. The van der Waals surface area contributed by atoms with E-state index >= 15 is 8.78 Å². The highest BCUT2D eigenvalue weighted by Gasteiger charge is 2.37. The van der Waals surface area contributed by atoms with Gasteiger partial charge in [0.25, 0.3) is 5.91 Å². The predicted octanol–water partition coefficient (Wildman–Crippen LogP) is 4.68. The minimum Gasteiger partial charge on any atom is -0.367 e. The van der Waals surface area contributed by atoms with Crippen molar-refractivity contribution in [2.75, 3.05) is 48.3 Å². The van der Waals surface area contributed by atoms with E-state index in [0.29, 0.717) is 19.3 Å². The monoisotopic (exact) mass is 621 g/mol. The number of nitrogens with one attached hydrogen (secondary N) is 2. The summed E-state index contributed by atoms with van der Waals surface area (Å²) in [5.41, 5.74) is -4.19. The normalized spacial score (nSPS) is 19.6. The zero-order valence-electron chi connectivity index (χ0n) is 24.0. The van der Waals surface area contributed by atoms with Gasteiger partial charge in [0, 0.05) is 56.6 Å². The number of carbonyl (C=O) groups excluding carboxylic acids is 1. The SMILES string of the molecule is C[C@@H]1CN(c2cc(F)c(C3=CCN(c4ncc(F)cn4)CC3)c(F)c2NC(=O)c2c[nH]c(=O)cc2C(F)(F)F)C[C@H](C)N1C. The number of pyridine rings is 1. The first kappa shape index (κ1) is 31.0. The number of rotatable bonds is 5. The molecule has 2 aliphatic heterocycles. The van der Waals surface area contributed by atoms with Gasteiger partial charge >= 0.3 is 6.18 Å². The van der Waals surface area contributed by atoms with Gasteiger partial charge in [-0.2, -0.15) is 13.2 Å². The van der Waals surface area contributed by atoms with Gasteiger partial charge < -0.3 is 20.1 Å². The number of hydrogen-bond donors (Lipinski definition) is 2. The van der Waals surface area contributed by atoms with Crippen LogP contribution in [0.5, 0.6) is 0 Å². The van der Waals surface area contributed by atoms with E-state index in [9.17, 15) is 27.2 Å². The number of carbonyl (C=O) groups is 1. The van der Waals surface area contributed by atoms with Gasteiger partial charge in [0.05, 0.1) is 34.8 Å². The fraction of sp³-hybridized carbons (Fsp3) is 0.379. The number of hydrogen-bond acceptors (Lipinski definition) is 7. The van der Waals surface area contributed by atoms with Gasteiger partial charge in [-0.3, -0.25) is 14.5 Å². The van der Waals surface area contributed by atoms with Crippen molar-refractivity contribution < 1.29 is 31.1 Å². The molecule has 0 saturated carbocycles. The Morgan fingerprint density at radius 3 is 2.30 bits per heavy atom. The van der Waals surface area contributed by atoms with Crippen molar-refractivity contribution >= 4 is 28.8 Å². The molecule has 1 saturated heterocycles. The maximum atomic E-state index is 16.5. The Labute approximate surface area is 248 Å². The van der Waals surface area contributed by atoms with E-state index < -0.39 is 57.5 Å². The number of aromatic nitrogens is 3. The van der Waals surface area contributed by atoms with Crippen molar-refractivity contribution in [1.82, 2.24) is 19.9 Å². The molecule has 15 heteroatoms. The Kier molecular flexibility index (Phi) is 8.42. The summed E-state index contributed by atoms with van der Waals surface area (Å²) in [4.78, 5) is 40.2. The summed E-state index contributed by atoms with van der Waals surface area (Å²) in [6.07, 6.45) is -0.763. The molecule has 0 spiro atoms. The lowest BCUT2D eigenvalue weighted by atomic mass is 9.96. The lowest BCUT2D eigenvalue weighted by molar-refractivity contribution is -0.138. The third kappa shape index (κ3) is 6.14. The van der Waals surface area contributed by atoms with Crippen molar-refractivity contribution in [3.63, 3.8) is 0 Å². The number of piperazine rings is 1. The molecule has 3 aromatic rings. The van der Waals surface area contributed by atoms with Crippen LogP contribution >= 0.6 is 0 Å². The van der Waals surface area contributed by atoms with E-state index in [1.165, 1.54) is 0 Å².